The van der Waals surface area contributed by atoms with Crippen LogP contribution in [0.3, 0.4) is 0 Å². The monoisotopic (exact) mass is 293 g/mol. The van der Waals surface area contributed by atoms with Crippen molar-refractivity contribution in [1.82, 2.24) is 10.6 Å². The minimum Gasteiger partial charge on any atom is -0.479 e. The standard InChI is InChI=1S/C12H11N3O6/c16-8(11(19)20)4-13-12(21)14-5-1-2-6-7(3-5)10(18)15-9(6)17/h1-3,8,16H,4H2,(H,19,20)(H2,13,14,21)(H,15,17,18). The number of carbonyl (C=O) groups excluding carboxylic acids is 3. The third-order valence-corrected chi connectivity index (χ3v) is 2.73. The number of rotatable bonds is 4. The largest absolute Gasteiger partial charge is 0.479 e. The molecule has 9 heteroatoms. The van der Waals surface area contributed by atoms with E-state index in [1.807, 2.05) is 0 Å². The van der Waals surface area contributed by atoms with E-state index in [0.29, 0.717) is 0 Å². The second-order valence-electron chi connectivity index (χ2n) is 4.23. The Bertz CT molecular complexity index is 642. The van der Waals surface area contributed by atoms with E-state index in [1.165, 1.54) is 18.2 Å². The second-order valence-corrected chi connectivity index (χ2v) is 4.23. The summed E-state index contributed by atoms with van der Waals surface area (Å²) in [5.74, 6) is -2.51. The summed E-state index contributed by atoms with van der Waals surface area (Å²) in [4.78, 5) is 44.6. The number of benzene rings is 1. The van der Waals surface area contributed by atoms with Crippen molar-refractivity contribution in [2.24, 2.45) is 0 Å². The summed E-state index contributed by atoms with van der Waals surface area (Å²) in [5, 5.41) is 24.1. The smallest absolute Gasteiger partial charge is 0.334 e. The molecule has 5 N–H and O–H groups in total. The summed E-state index contributed by atoms with van der Waals surface area (Å²) in [7, 11) is 0. The fraction of sp³-hybridized carbons (Fsp3) is 0.167. The molecule has 0 saturated carbocycles. The van der Waals surface area contributed by atoms with Crippen LogP contribution in [0.5, 0.6) is 0 Å². The van der Waals surface area contributed by atoms with Crippen LogP contribution >= 0.6 is 0 Å². The number of hydrogen-bond donors (Lipinski definition) is 5. The Kier molecular flexibility index (Phi) is 3.85. The van der Waals surface area contributed by atoms with Gasteiger partial charge in [-0.15, -0.1) is 0 Å². The highest BCUT2D eigenvalue weighted by atomic mass is 16.4. The Morgan fingerprint density at radius 3 is 2.52 bits per heavy atom. The van der Waals surface area contributed by atoms with E-state index in [-0.39, 0.29) is 16.8 Å². The average Bonchev–Trinajstić information content (AvgIpc) is 2.71. The summed E-state index contributed by atoms with van der Waals surface area (Å²) >= 11 is 0. The Labute approximate surface area is 117 Å². The molecular formula is C12H11N3O6. The zero-order valence-electron chi connectivity index (χ0n) is 10.5. The van der Waals surface area contributed by atoms with Gasteiger partial charge < -0.3 is 20.8 Å². The normalized spacial score (nSPS) is 14.1. The van der Waals surface area contributed by atoms with Gasteiger partial charge in [0.25, 0.3) is 11.8 Å². The first-order chi connectivity index (χ1) is 9.88. The lowest BCUT2D eigenvalue weighted by Crippen LogP contribution is -2.38. The van der Waals surface area contributed by atoms with E-state index in [4.69, 9.17) is 10.2 Å². The van der Waals surface area contributed by atoms with Gasteiger partial charge in [0.15, 0.2) is 6.10 Å². The maximum absolute atomic E-state index is 11.5. The highest BCUT2D eigenvalue weighted by Crippen LogP contribution is 2.20. The minimum absolute atomic E-state index is 0.142. The summed E-state index contributed by atoms with van der Waals surface area (Å²) in [5.41, 5.74) is 0.608. The number of carboxylic acid groups (broad SMARTS) is 1. The van der Waals surface area contributed by atoms with Gasteiger partial charge in [0.2, 0.25) is 0 Å². The summed E-state index contributed by atoms with van der Waals surface area (Å²) in [6.07, 6.45) is -1.71. The Hall–Kier alpha value is -2.94. The van der Waals surface area contributed by atoms with Gasteiger partial charge >= 0.3 is 12.0 Å². The van der Waals surface area contributed by atoms with E-state index >= 15 is 0 Å². The second kappa shape index (κ2) is 5.59. The molecule has 1 unspecified atom stereocenters. The number of carbonyl (C=O) groups is 4. The number of fused-ring (bicyclic) bond motifs is 1. The van der Waals surface area contributed by atoms with Crippen molar-refractivity contribution in [3.8, 4) is 0 Å². The van der Waals surface area contributed by atoms with E-state index in [2.05, 4.69) is 16.0 Å². The molecule has 0 aliphatic carbocycles. The maximum Gasteiger partial charge on any atom is 0.334 e. The van der Waals surface area contributed by atoms with Crippen LogP contribution in [-0.2, 0) is 4.79 Å². The van der Waals surface area contributed by atoms with Crippen LogP contribution in [0.1, 0.15) is 20.7 Å². The number of aliphatic carboxylic acids is 1. The molecule has 2 rings (SSSR count). The number of anilines is 1. The lowest BCUT2D eigenvalue weighted by atomic mass is 10.1. The zero-order chi connectivity index (χ0) is 15.6. The molecule has 1 aliphatic heterocycles. The molecule has 1 aliphatic rings. The summed E-state index contributed by atoms with van der Waals surface area (Å²) < 4.78 is 0. The van der Waals surface area contributed by atoms with Crippen molar-refractivity contribution < 1.29 is 29.4 Å². The molecule has 21 heavy (non-hydrogen) atoms. The predicted octanol–water partition coefficient (Wildman–Crippen LogP) is -0.863. The van der Waals surface area contributed by atoms with Crippen LogP contribution in [0, 0.1) is 0 Å². The number of aliphatic hydroxyl groups is 1. The molecule has 0 saturated heterocycles. The third kappa shape index (κ3) is 3.15. The zero-order valence-corrected chi connectivity index (χ0v) is 10.5. The molecule has 9 nitrogen and oxygen atoms in total. The third-order valence-electron chi connectivity index (χ3n) is 2.73. The van der Waals surface area contributed by atoms with Crippen LogP contribution in [0.25, 0.3) is 0 Å². The van der Waals surface area contributed by atoms with Gasteiger partial charge in [0, 0.05) is 5.69 Å². The molecule has 1 heterocycles. The van der Waals surface area contributed by atoms with Gasteiger partial charge in [-0.1, -0.05) is 0 Å². The fourth-order valence-corrected chi connectivity index (χ4v) is 1.70. The number of amides is 4. The molecule has 0 radical (unpaired) electrons. The van der Waals surface area contributed by atoms with Gasteiger partial charge in [-0.2, -0.15) is 0 Å². The molecule has 0 bridgehead atoms. The quantitative estimate of drug-likeness (QED) is 0.457. The Morgan fingerprint density at radius 2 is 1.86 bits per heavy atom. The number of aliphatic hydroxyl groups excluding tert-OH is 1. The number of urea groups is 1. The lowest BCUT2D eigenvalue weighted by Gasteiger charge is -2.09. The van der Waals surface area contributed by atoms with Crippen molar-refractivity contribution in [2.75, 3.05) is 11.9 Å². The molecule has 1 atom stereocenters. The molecular weight excluding hydrogens is 282 g/mol. The van der Waals surface area contributed by atoms with Gasteiger partial charge in [-0.05, 0) is 18.2 Å². The first-order valence-corrected chi connectivity index (χ1v) is 5.84. The van der Waals surface area contributed by atoms with Crippen molar-refractivity contribution in [2.45, 2.75) is 6.10 Å². The number of carboxylic acids is 1. The molecule has 0 fully saturated rings. The van der Waals surface area contributed by atoms with Crippen molar-refractivity contribution >= 4 is 29.5 Å². The van der Waals surface area contributed by atoms with Crippen LogP contribution < -0.4 is 16.0 Å². The summed E-state index contributed by atoms with van der Waals surface area (Å²) in [6, 6.07) is 3.38. The Morgan fingerprint density at radius 1 is 1.19 bits per heavy atom. The molecule has 0 aromatic heterocycles. The van der Waals surface area contributed by atoms with Crippen molar-refractivity contribution in [1.29, 1.82) is 0 Å². The first-order valence-electron chi connectivity index (χ1n) is 5.84. The number of nitrogens with one attached hydrogen (secondary N) is 3. The number of hydrogen-bond acceptors (Lipinski definition) is 5. The average molecular weight is 293 g/mol. The van der Waals surface area contributed by atoms with E-state index in [1.54, 1.807) is 0 Å². The van der Waals surface area contributed by atoms with Gasteiger partial charge in [0.1, 0.15) is 0 Å². The molecule has 0 spiro atoms. The van der Waals surface area contributed by atoms with Gasteiger partial charge in [-0.25, -0.2) is 9.59 Å². The van der Waals surface area contributed by atoms with Crippen molar-refractivity contribution in [3.63, 3.8) is 0 Å². The highest BCUT2D eigenvalue weighted by Gasteiger charge is 2.26. The van der Waals surface area contributed by atoms with Crippen LogP contribution in [-0.4, -0.2) is 46.7 Å². The molecule has 4 amide bonds. The highest BCUT2D eigenvalue weighted by molar-refractivity contribution is 6.22. The Balaban J connectivity index is 1.99. The predicted molar refractivity (Wildman–Crippen MR) is 68.9 cm³/mol. The summed E-state index contributed by atoms with van der Waals surface area (Å²) in [6.45, 7) is -0.467. The topological polar surface area (TPSA) is 145 Å². The molecule has 1 aromatic carbocycles. The van der Waals surface area contributed by atoms with Crippen molar-refractivity contribution in [3.05, 3.63) is 29.3 Å². The minimum atomic E-state index is -1.71. The van der Waals surface area contributed by atoms with Crippen LogP contribution in [0.15, 0.2) is 18.2 Å². The van der Waals surface area contributed by atoms with E-state index < -0.39 is 36.5 Å². The van der Waals surface area contributed by atoms with Crippen LogP contribution in [0.2, 0.25) is 0 Å². The fourth-order valence-electron chi connectivity index (χ4n) is 1.70. The lowest BCUT2D eigenvalue weighted by molar-refractivity contribution is -0.146. The first kappa shape index (κ1) is 14.5. The van der Waals surface area contributed by atoms with Gasteiger partial charge in [0.05, 0.1) is 17.7 Å². The van der Waals surface area contributed by atoms with E-state index in [9.17, 15) is 19.2 Å². The van der Waals surface area contributed by atoms with Crippen LogP contribution in [0.4, 0.5) is 10.5 Å². The maximum atomic E-state index is 11.5. The SMILES string of the molecule is O=C(NCC(O)C(=O)O)Nc1ccc2c(c1)C(=O)NC2=O. The molecule has 110 valence electrons. The van der Waals surface area contributed by atoms with Gasteiger partial charge in [-0.3, -0.25) is 14.9 Å². The van der Waals surface area contributed by atoms with E-state index in [0.717, 1.165) is 0 Å². The number of imide groups is 1. The molecule has 1 aromatic rings.